The van der Waals surface area contributed by atoms with Gasteiger partial charge in [-0.3, -0.25) is 20.0 Å². The van der Waals surface area contributed by atoms with Crippen LogP contribution in [-0.2, 0) is 15.8 Å². The van der Waals surface area contributed by atoms with Gasteiger partial charge in [0.1, 0.15) is 6.61 Å². The summed E-state index contributed by atoms with van der Waals surface area (Å²) in [6.45, 7) is 16.2. The summed E-state index contributed by atoms with van der Waals surface area (Å²) in [5.74, 6) is 0. The van der Waals surface area contributed by atoms with Crippen molar-refractivity contribution >= 4 is 25.8 Å². The monoisotopic (exact) mass is 555 g/mol. The molecule has 2 aromatic rings. The molecule has 0 aliphatic carbocycles. The Morgan fingerprint density at radius 2 is 1.72 bits per heavy atom. The van der Waals surface area contributed by atoms with Crippen molar-refractivity contribution in [3.8, 4) is 0 Å². The normalized spacial score (nSPS) is 20.7. The zero-order valence-electron chi connectivity index (χ0n) is 23.7. The Morgan fingerprint density at radius 1 is 1.08 bits per heavy atom. The molecule has 2 atom stereocenters. The van der Waals surface area contributed by atoms with Crippen LogP contribution in [0.15, 0.2) is 48.8 Å². The number of carbonyl (C=O) groups excluding carboxylic acids is 1. The number of benzene rings is 1. The minimum atomic E-state index is -2.01. The maximum atomic E-state index is 13.3. The standard InChI is InChI=1S/C28H41N5O5Si/c1-28(2,3)39(4,5)38-26-18-25(19-30-14-16-31(17-15-30)23-10-12-29-13-11-23)32(20-26)27(34)37-21-22-6-8-24(9-7-22)33(35)36/h6-13,25-26H,14-21H2,1-5H3/t25-,26+/m0/s1. The number of hydrogen-bond donors (Lipinski definition) is 0. The second-order valence-corrected chi connectivity index (χ2v) is 16.8. The molecule has 0 saturated carbocycles. The van der Waals surface area contributed by atoms with Crippen molar-refractivity contribution in [3.05, 3.63) is 64.5 Å². The smallest absolute Gasteiger partial charge is 0.410 e. The van der Waals surface area contributed by atoms with Crippen LogP contribution in [0.4, 0.5) is 16.2 Å². The molecular formula is C28H41N5O5Si. The zero-order chi connectivity index (χ0) is 28.2. The van der Waals surface area contributed by atoms with Gasteiger partial charge >= 0.3 is 6.09 Å². The lowest BCUT2D eigenvalue weighted by Crippen LogP contribution is -2.51. The summed E-state index contributed by atoms with van der Waals surface area (Å²) in [7, 11) is -2.01. The summed E-state index contributed by atoms with van der Waals surface area (Å²) in [4.78, 5) is 34.5. The molecule has 1 aromatic heterocycles. The highest BCUT2D eigenvalue weighted by molar-refractivity contribution is 6.74. The van der Waals surface area contributed by atoms with E-state index in [1.54, 1.807) is 12.1 Å². The summed E-state index contributed by atoms with van der Waals surface area (Å²) in [6.07, 6.45) is 4.03. The minimum Gasteiger partial charge on any atom is -0.445 e. The molecule has 2 aliphatic rings. The number of nitro benzene ring substituents is 1. The second kappa shape index (κ2) is 12.0. The lowest BCUT2D eigenvalue weighted by Gasteiger charge is -2.38. The average Bonchev–Trinajstić information content (AvgIpc) is 3.29. The van der Waals surface area contributed by atoms with Crippen LogP contribution in [0.1, 0.15) is 32.8 Å². The third-order valence-electron chi connectivity index (χ3n) is 8.26. The van der Waals surface area contributed by atoms with Crippen LogP contribution >= 0.6 is 0 Å². The molecule has 3 heterocycles. The van der Waals surface area contributed by atoms with Gasteiger partial charge in [0.15, 0.2) is 8.32 Å². The predicted molar refractivity (Wildman–Crippen MR) is 153 cm³/mol. The number of ether oxygens (including phenoxy) is 1. The van der Waals surface area contributed by atoms with Gasteiger partial charge in [-0.05, 0) is 54.4 Å². The topological polar surface area (TPSA) is 101 Å². The maximum absolute atomic E-state index is 13.3. The highest BCUT2D eigenvalue weighted by atomic mass is 28.4. The largest absolute Gasteiger partial charge is 0.445 e. The van der Waals surface area contributed by atoms with Crippen LogP contribution in [-0.4, -0.2) is 85.5 Å². The molecule has 0 bridgehead atoms. The molecule has 0 N–H and O–H groups in total. The number of amides is 1. The van der Waals surface area contributed by atoms with Gasteiger partial charge in [-0.25, -0.2) is 4.79 Å². The first-order valence-corrected chi connectivity index (χ1v) is 16.6. The van der Waals surface area contributed by atoms with Crippen LogP contribution in [0, 0.1) is 10.1 Å². The van der Waals surface area contributed by atoms with E-state index in [2.05, 4.69) is 48.6 Å². The summed E-state index contributed by atoms with van der Waals surface area (Å²) in [6, 6.07) is 10.2. The van der Waals surface area contributed by atoms with Crippen molar-refractivity contribution in [2.24, 2.45) is 0 Å². The first kappa shape index (κ1) is 29.0. The molecule has 39 heavy (non-hydrogen) atoms. The van der Waals surface area contributed by atoms with E-state index in [1.807, 2.05) is 29.4 Å². The fraction of sp³-hybridized carbons (Fsp3) is 0.571. The van der Waals surface area contributed by atoms with E-state index >= 15 is 0 Å². The van der Waals surface area contributed by atoms with Gasteiger partial charge in [-0.2, -0.15) is 0 Å². The van der Waals surface area contributed by atoms with Gasteiger partial charge in [0.25, 0.3) is 5.69 Å². The molecule has 2 saturated heterocycles. The number of hydrogen-bond acceptors (Lipinski definition) is 8. The van der Waals surface area contributed by atoms with Gasteiger partial charge in [-0.15, -0.1) is 0 Å². The third kappa shape index (κ3) is 7.34. The molecule has 212 valence electrons. The Kier molecular flexibility index (Phi) is 8.92. The molecule has 11 heteroatoms. The van der Waals surface area contributed by atoms with Crippen LogP contribution in [0.25, 0.3) is 0 Å². The number of non-ortho nitro benzene ring substituents is 1. The number of nitro groups is 1. The van der Waals surface area contributed by atoms with E-state index in [9.17, 15) is 14.9 Å². The van der Waals surface area contributed by atoms with Gasteiger partial charge in [0.05, 0.1) is 17.1 Å². The number of pyridine rings is 1. The summed E-state index contributed by atoms with van der Waals surface area (Å²) in [5, 5.41) is 11.0. The summed E-state index contributed by atoms with van der Waals surface area (Å²) < 4.78 is 12.4. The van der Waals surface area contributed by atoms with Crippen LogP contribution in [0.2, 0.25) is 18.1 Å². The Labute approximate surface area is 232 Å². The molecule has 2 aliphatic heterocycles. The molecule has 4 rings (SSSR count). The van der Waals surface area contributed by atoms with Crippen molar-refractivity contribution in [2.75, 3.05) is 44.2 Å². The number of piperazine rings is 1. The fourth-order valence-corrected chi connectivity index (χ4v) is 6.29. The van der Waals surface area contributed by atoms with E-state index < -0.39 is 13.2 Å². The molecule has 2 fully saturated rings. The number of anilines is 1. The van der Waals surface area contributed by atoms with Crippen molar-refractivity contribution in [1.29, 1.82) is 0 Å². The van der Waals surface area contributed by atoms with Gasteiger partial charge in [-0.1, -0.05) is 20.8 Å². The summed E-state index contributed by atoms with van der Waals surface area (Å²) in [5.41, 5.74) is 1.91. The number of nitrogens with zero attached hydrogens (tertiary/aromatic N) is 5. The summed E-state index contributed by atoms with van der Waals surface area (Å²) >= 11 is 0. The molecule has 0 unspecified atom stereocenters. The fourth-order valence-electron chi connectivity index (χ4n) is 4.93. The van der Waals surface area contributed by atoms with Crippen LogP contribution in [0.3, 0.4) is 0 Å². The van der Waals surface area contributed by atoms with Crippen molar-refractivity contribution in [1.82, 2.24) is 14.8 Å². The Balaban J connectivity index is 1.39. The lowest BCUT2D eigenvalue weighted by molar-refractivity contribution is -0.384. The Hall–Kier alpha value is -3.02. The molecule has 0 spiro atoms. The third-order valence-corrected chi connectivity index (χ3v) is 12.8. The minimum absolute atomic E-state index is 0.00314. The molecule has 10 nitrogen and oxygen atoms in total. The Morgan fingerprint density at radius 3 is 2.31 bits per heavy atom. The van der Waals surface area contributed by atoms with E-state index in [1.165, 1.54) is 17.8 Å². The highest BCUT2D eigenvalue weighted by Crippen LogP contribution is 2.39. The van der Waals surface area contributed by atoms with E-state index in [0.29, 0.717) is 12.1 Å². The van der Waals surface area contributed by atoms with E-state index in [-0.39, 0.29) is 35.6 Å². The number of aromatic nitrogens is 1. The van der Waals surface area contributed by atoms with Crippen molar-refractivity contribution < 1.29 is 18.9 Å². The van der Waals surface area contributed by atoms with Crippen molar-refractivity contribution in [2.45, 2.75) is 64.1 Å². The zero-order valence-corrected chi connectivity index (χ0v) is 24.7. The first-order valence-electron chi connectivity index (χ1n) is 13.6. The predicted octanol–water partition coefficient (Wildman–Crippen LogP) is 4.91. The van der Waals surface area contributed by atoms with E-state index in [0.717, 1.165) is 39.1 Å². The highest BCUT2D eigenvalue weighted by Gasteiger charge is 2.44. The number of carbonyl (C=O) groups is 1. The Bertz CT molecular complexity index is 1120. The second-order valence-electron chi connectivity index (χ2n) is 12.0. The molecule has 1 aromatic carbocycles. The maximum Gasteiger partial charge on any atom is 0.410 e. The molecule has 1 amide bonds. The lowest BCUT2D eigenvalue weighted by atomic mass is 10.1. The molecular weight excluding hydrogens is 514 g/mol. The van der Waals surface area contributed by atoms with Crippen molar-refractivity contribution in [3.63, 3.8) is 0 Å². The number of rotatable bonds is 8. The van der Waals surface area contributed by atoms with E-state index in [4.69, 9.17) is 9.16 Å². The van der Waals surface area contributed by atoms with Gasteiger partial charge < -0.3 is 19.0 Å². The van der Waals surface area contributed by atoms with Gasteiger partial charge in [0.2, 0.25) is 0 Å². The van der Waals surface area contributed by atoms with Gasteiger partial charge in [0, 0.05) is 69.5 Å². The SMILES string of the molecule is CC(C)(C)[Si](C)(C)O[C@@H]1C[C@@H](CN2CCN(c3ccncc3)CC2)N(C(=O)OCc2ccc([N+](=O)[O-])cc2)C1. The van der Waals surface area contributed by atoms with Crippen LogP contribution in [0.5, 0.6) is 0 Å². The average molecular weight is 556 g/mol. The number of likely N-dealkylation sites (tertiary alicyclic amines) is 1. The first-order chi connectivity index (χ1) is 18.4. The quantitative estimate of drug-likeness (QED) is 0.257. The van der Waals surface area contributed by atoms with Crippen LogP contribution < -0.4 is 4.90 Å². The molecule has 0 radical (unpaired) electrons.